The molecule has 0 aromatic carbocycles. The van der Waals surface area contributed by atoms with Crippen molar-refractivity contribution >= 4 is 23.3 Å². The first-order valence-corrected chi connectivity index (χ1v) is 4.19. The molecular formula is C8H9ClN2O2. The van der Waals surface area contributed by atoms with Crippen LogP contribution in [-0.2, 0) is 4.79 Å². The number of aromatic nitrogens is 1. The quantitative estimate of drug-likeness (QED) is 0.758. The van der Waals surface area contributed by atoms with Crippen LogP contribution in [0, 0.1) is 0 Å². The highest BCUT2D eigenvalue weighted by molar-refractivity contribution is 6.30. The summed E-state index contributed by atoms with van der Waals surface area (Å²) in [6.07, 6.45) is 1.71. The van der Waals surface area contributed by atoms with Crippen molar-refractivity contribution < 1.29 is 4.79 Å². The third kappa shape index (κ3) is 2.59. The first-order valence-electron chi connectivity index (χ1n) is 3.81. The number of carbonyl (C=O) groups excluding carboxylic acids is 1. The molecule has 0 aliphatic heterocycles. The van der Waals surface area contributed by atoms with Gasteiger partial charge in [-0.1, -0.05) is 18.5 Å². The van der Waals surface area contributed by atoms with E-state index < -0.39 is 0 Å². The minimum Gasteiger partial charge on any atom is -0.346 e. The topological polar surface area (TPSA) is 62.0 Å². The number of anilines is 1. The highest BCUT2D eigenvalue weighted by Gasteiger charge is 2.01. The zero-order valence-electron chi connectivity index (χ0n) is 7.06. The number of pyridine rings is 1. The van der Waals surface area contributed by atoms with Crippen LogP contribution < -0.4 is 10.7 Å². The van der Waals surface area contributed by atoms with Crippen LogP contribution in [0.5, 0.6) is 0 Å². The number of hydrogen-bond acceptors (Lipinski definition) is 2. The van der Waals surface area contributed by atoms with Crippen LogP contribution in [0.15, 0.2) is 17.1 Å². The fraction of sp³-hybridized carbons (Fsp3) is 0.250. The predicted octanol–water partition coefficient (Wildman–Crippen LogP) is 1.38. The van der Waals surface area contributed by atoms with E-state index in [9.17, 15) is 9.59 Å². The van der Waals surface area contributed by atoms with Crippen LogP contribution in [0.25, 0.3) is 0 Å². The Morgan fingerprint density at radius 2 is 2.38 bits per heavy atom. The molecule has 0 bridgehead atoms. The lowest BCUT2D eigenvalue weighted by molar-refractivity contribution is -0.115. The Morgan fingerprint density at radius 3 is 2.92 bits per heavy atom. The molecule has 1 amide bonds. The molecule has 0 atom stereocenters. The van der Waals surface area contributed by atoms with Crippen LogP contribution in [0.3, 0.4) is 0 Å². The number of rotatable bonds is 2. The van der Waals surface area contributed by atoms with Gasteiger partial charge in [-0.2, -0.15) is 0 Å². The highest BCUT2D eigenvalue weighted by atomic mass is 35.5. The van der Waals surface area contributed by atoms with Gasteiger partial charge in [-0.25, -0.2) is 0 Å². The van der Waals surface area contributed by atoms with E-state index in [4.69, 9.17) is 11.6 Å². The van der Waals surface area contributed by atoms with Gasteiger partial charge in [0.25, 0.3) is 0 Å². The van der Waals surface area contributed by atoms with Gasteiger partial charge in [0.2, 0.25) is 11.3 Å². The molecule has 70 valence electrons. The van der Waals surface area contributed by atoms with Gasteiger partial charge in [0.15, 0.2) is 0 Å². The highest BCUT2D eigenvalue weighted by Crippen LogP contribution is 2.03. The molecule has 13 heavy (non-hydrogen) atoms. The lowest BCUT2D eigenvalue weighted by Crippen LogP contribution is -2.13. The van der Waals surface area contributed by atoms with E-state index in [0.717, 1.165) is 0 Å². The van der Waals surface area contributed by atoms with Crippen LogP contribution in [-0.4, -0.2) is 10.9 Å². The number of H-pyrrole nitrogens is 1. The molecule has 0 spiro atoms. The van der Waals surface area contributed by atoms with Crippen molar-refractivity contribution in [3.63, 3.8) is 0 Å². The van der Waals surface area contributed by atoms with E-state index in [-0.39, 0.29) is 16.4 Å². The maximum Gasteiger partial charge on any atom is 0.225 e. The maximum absolute atomic E-state index is 11.0. The van der Waals surface area contributed by atoms with Gasteiger partial charge >= 0.3 is 0 Å². The third-order valence-corrected chi connectivity index (χ3v) is 1.76. The molecule has 0 saturated carbocycles. The zero-order valence-corrected chi connectivity index (χ0v) is 7.81. The van der Waals surface area contributed by atoms with E-state index in [1.807, 2.05) is 0 Å². The summed E-state index contributed by atoms with van der Waals surface area (Å²) < 4.78 is 0. The summed E-state index contributed by atoms with van der Waals surface area (Å²) in [4.78, 5) is 24.6. The Kier molecular flexibility index (Phi) is 3.08. The van der Waals surface area contributed by atoms with Crippen LogP contribution in [0.2, 0.25) is 5.02 Å². The van der Waals surface area contributed by atoms with E-state index in [1.165, 1.54) is 12.3 Å². The molecule has 4 nitrogen and oxygen atoms in total. The number of halogens is 1. The first kappa shape index (κ1) is 9.80. The number of aromatic amines is 1. The molecule has 1 rings (SSSR count). The number of carbonyl (C=O) groups is 1. The van der Waals surface area contributed by atoms with Crippen molar-refractivity contribution in [2.45, 2.75) is 13.3 Å². The van der Waals surface area contributed by atoms with Crippen molar-refractivity contribution in [2.24, 2.45) is 0 Å². The van der Waals surface area contributed by atoms with Gasteiger partial charge < -0.3 is 10.3 Å². The van der Waals surface area contributed by atoms with E-state index >= 15 is 0 Å². The molecule has 0 unspecified atom stereocenters. The molecule has 0 aliphatic carbocycles. The summed E-state index contributed by atoms with van der Waals surface area (Å²) in [6.45, 7) is 1.73. The van der Waals surface area contributed by atoms with Gasteiger partial charge in [0.05, 0.1) is 0 Å². The standard InChI is InChI=1S/C8H9ClN2O2/c1-2-8(13)11-7-3-6(12)5(9)4-10-7/h3-4H,2H2,1H3,(H2,10,11,12,13). The average Bonchev–Trinajstić information content (AvgIpc) is 2.11. The third-order valence-electron chi connectivity index (χ3n) is 1.46. The Labute approximate surface area is 79.9 Å². The largest absolute Gasteiger partial charge is 0.346 e. The summed E-state index contributed by atoms with van der Waals surface area (Å²) in [6, 6.07) is 1.25. The summed E-state index contributed by atoms with van der Waals surface area (Å²) in [5.41, 5.74) is -0.313. The smallest absolute Gasteiger partial charge is 0.225 e. The number of hydrogen-bond donors (Lipinski definition) is 2. The summed E-state index contributed by atoms with van der Waals surface area (Å²) in [7, 11) is 0. The van der Waals surface area contributed by atoms with Crippen molar-refractivity contribution in [2.75, 3.05) is 5.32 Å². The lowest BCUT2D eigenvalue weighted by Gasteiger charge is -2.01. The van der Waals surface area contributed by atoms with E-state index in [1.54, 1.807) is 6.92 Å². The van der Waals surface area contributed by atoms with E-state index in [0.29, 0.717) is 12.2 Å². The fourth-order valence-electron chi connectivity index (χ4n) is 0.765. The van der Waals surface area contributed by atoms with Gasteiger partial charge in [0.1, 0.15) is 10.8 Å². The zero-order chi connectivity index (χ0) is 9.84. The molecule has 5 heteroatoms. The van der Waals surface area contributed by atoms with E-state index in [2.05, 4.69) is 10.3 Å². The lowest BCUT2D eigenvalue weighted by atomic mass is 10.4. The van der Waals surface area contributed by atoms with Crippen LogP contribution >= 0.6 is 11.6 Å². The Bertz CT molecular complexity index is 373. The van der Waals surface area contributed by atoms with Crippen molar-refractivity contribution in [1.29, 1.82) is 0 Å². The monoisotopic (exact) mass is 200 g/mol. The van der Waals surface area contributed by atoms with Crippen molar-refractivity contribution in [1.82, 2.24) is 4.98 Å². The predicted molar refractivity (Wildman–Crippen MR) is 51.0 cm³/mol. The maximum atomic E-state index is 11.0. The minimum absolute atomic E-state index is 0.106. The number of nitrogens with one attached hydrogen (secondary N) is 2. The first-order chi connectivity index (χ1) is 6.13. The Morgan fingerprint density at radius 1 is 1.69 bits per heavy atom. The second-order valence-corrected chi connectivity index (χ2v) is 2.87. The summed E-state index contributed by atoms with van der Waals surface area (Å²) >= 11 is 5.49. The molecule has 2 N–H and O–H groups in total. The molecule has 1 aromatic rings. The molecule has 1 aromatic heterocycles. The molecule has 0 radical (unpaired) electrons. The molecule has 0 aliphatic rings. The van der Waals surface area contributed by atoms with Crippen molar-refractivity contribution in [3.05, 3.63) is 27.5 Å². The minimum atomic E-state index is -0.313. The second-order valence-electron chi connectivity index (χ2n) is 2.46. The van der Waals surface area contributed by atoms with Crippen LogP contribution in [0.1, 0.15) is 13.3 Å². The molecule has 1 heterocycles. The summed E-state index contributed by atoms with van der Waals surface area (Å²) in [5.74, 6) is 0.208. The van der Waals surface area contributed by atoms with Gasteiger partial charge in [-0.3, -0.25) is 9.59 Å². The molecule has 0 fully saturated rings. The second kappa shape index (κ2) is 4.09. The molecule has 0 saturated heterocycles. The van der Waals surface area contributed by atoms with Crippen molar-refractivity contribution in [3.8, 4) is 0 Å². The summed E-state index contributed by atoms with van der Waals surface area (Å²) in [5, 5.41) is 2.61. The van der Waals surface area contributed by atoms with Gasteiger partial charge in [0, 0.05) is 18.7 Å². The van der Waals surface area contributed by atoms with Crippen LogP contribution in [0.4, 0.5) is 5.82 Å². The van der Waals surface area contributed by atoms with Gasteiger partial charge in [-0.15, -0.1) is 0 Å². The Hall–Kier alpha value is -1.29. The average molecular weight is 201 g/mol. The number of amides is 1. The van der Waals surface area contributed by atoms with Gasteiger partial charge in [-0.05, 0) is 0 Å². The Balaban J connectivity index is 2.86. The SMILES string of the molecule is CCC(=O)Nc1cc(=O)c(Cl)c[nH]1. The fourth-order valence-corrected chi connectivity index (χ4v) is 0.874. The molecular weight excluding hydrogens is 192 g/mol. The normalized spacial score (nSPS) is 9.69.